The normalized spacial score (nSPS) is 28.2. The second-order valence-electron chi connectivity index (χ2n) is 6.42. The molecule has 3 rings (SSSR count). The molecule has 0 unspecified atom stereocenters. The molecule has 1 aromatic rings. The number of carbonyl (C=O) groups excluding carboxylic acids is 1. The van der Waals surface area contributed by atoms with E-state index in [1.165, 1.54) is 0 Å². The number of ether oxygens (including phenoxy) is 1. The van der Waals surface area contributed by atoms with E-state index in [-0.39, 0.29) is 18.1 Å². The molecular weight excluding hydrogens is 282 g/mol. The molecule has 2 aliphatic carbocycles. The lowest BCUT2D eigenvalue weighted by molar-refractivity contribution is -0.0513. The van der Waals surface area contributed by atoms with Crippen molar-refractivity contribution >= 4 is 5.91 Å². The zero-order valence-corrected chi connectivity index (χ0v) is 13.4. The van der Waals surface area contributed by atoms with Gasteiger partial charge in [-0.05, 0) is 45.4 Å². The van der Waals surface area contributed by atoms with Crippen LogP contribution in [0.25, 0.3) is 0 Å². The van der Waals surface area contributed by atoms with Crippen molar-refractivity contribution in [3.8, 4) is 0 Å². The summed E-state index contributed by atoms with van der Waals surface area (Å²) in [5.74, 6) is 1.54. The predicted octanol–water partition coefficient (Wildman–Crippen LogP) is 2.13. The van der Waals surface area contributed by atoms with E-state index in [9.17, 15) is 9.90 Å². The van der Waals surface area contributed by atoms with E-state index in [0.717, 1.165) is 56.3 Å². The van der Waals surface area contributed by atoms with Crippen LogP contribution in [-0.2, 0) is 17.6 Å². The summed E-state index contributed by atoms with van der Waals surface area (Å²) in [7, 11) is 1.61. The molecule has 0 spiro atoms. The van der Waals surface area contributed by atoms with Gasteiger partial charge in [-0.25, -0.2) is 0 Å². The van der Waals surface area contributed by atoms with Crippen LogP contribution in [0.1, 0.15) is 59.5 Å². The average Bonchev–Trinajstić information content (AvgIpc) is 2.85. The van der Waals surface area contributed by atoms with Gasteiger partial charge < -0.3 is 19.6 Å². The Morgan fingerprint density at radius 1 is 1.27 bits per heavy atom. The first kappa shape index (κ1) is 15.6. The Balaban J connectivity index is 1.76. The quantitative estimate of drug-likeness (QED) is 0.897. The standard InChI is InChI=1S/C17H25NO4/c1-10-15(11-6-3-4-8-13(11)22-10)17(20)18-12-7-5-9-14(21-2)16(12)19/h12,14,16,19H,3-9H2,1-2H3,(H,18,20)/t12-,14-,16-/m1/s1. The van der Waals surface area contributed by atoms with Crippen molar-refractivity contribution in [2.24, 2.45) is 0 Å². The minimum atomic E-state index is -0.647. The number of methoxy groups -OCH3 is 1. The van der Waals surface area contributed by atoms with Crippen molar-refractivity contribution in [1.82, 2.24) is 5.32 Å². The minimum absolute atomic E-state index is 0.120. The summed E-state index contributed by atoms with van der Waals surface area (Å²) in [6.07, 6.45) is 5.77. The monoisotopic (exact) mass is 307 g/mol. The fourth-order valence-corrected chi connectivity index (χ4v) is 3.79. The maximum atomic E-state index is 12.7. The number of carbonyl (C=O) groups is 1. The van der Waals surface area contributed by atoms with E-state index in [4.69, 9.17) is 9.15 Å². The molecule has 1 aromatic heterocycles. The van der Waals surface area contributed by atoms with Crippen molar-refractivity contribution in [3.63, 3.8) is 0 Å². The fraction of sp³-hybridized carbons (Fsp3) is 0.706. The fourth-order valence-electron chi connectivity index (χ4n) is 3.79. The van der Waals surface area contributed by atoms with Crippen molar-refractivity contribution in [3.05, 3.63) is 22.6 Å². The highest BCUT2D eigenvalue weighted by molar-refractivity contribution is 5.97. The molecule has 0 aliphatic heterocycles. The second kappa shape index (κ2) is 6.42. The number of nitrogens with one attached hydrogen (secondary N) is 1. The summed E-state index contributed by atoms with van der Waals surface area (Å²) < 4.78 is 11.1. The molecular formula is C17H25NO4. The van der Waals surface area contributed by atoms with Crippen LogP contribution >= 0.6 is 0 Å². The van der Waals surface area contributed by atoms with Gasteiger partial charge in [0.15, 0.2) is 0 Å². The number of aryl methyl sites for hydroxylation is 2. The minimum Gasteiger partial charge on any atom is -0.465 e. The number of fused-ring (bicyclic) bond motifs is 1. The maximum Gasteiger partial charge on any atom is 0.255 e. The SMILES string of the molecule is CO[C@@H]1CCC[C@@H](NC(=O)c2c(C)oc3c2CCCC3)[C@H]1O. The molecule has 2 aliphatic rings. The van der Waals surface area contributed by atoms with Crippen molar-refractivity contribution in [2.45, 2.75) is 70.1 Å². The Kier molecular flexibility index (Phi) is 4.54. The molecule has 5 nitrogen and oxygen atoms in total. The molecule has 0 bridgehead atoms. The summed E-state index contributed by atoms with van der Waals surface area (Å²) >= 11 is 0. The zero-order valence-electron chi connectivity index (χ0n) is 13.4. The molecule has 1 saturated carbocycles. The van der Waals surface area contributed by atoms with E-state index in [1.54, 1.807) is 7.11 Å². The first-order valence-corrected chi connectivity index (χ1v) is 8.24. The highest BCUT2D eigenvalue weighted by Crippen LogP contribution is 2.30. The molecule has 0 aromatic carbocycles. The van der Waals surface area contributed by atoms with Crippen molar-refractivity contribution in [2.75, 3.05) is 7.11 Å². The Hall–Kier alpha value is -1.33. The zero-order chi connectivity index (χ0) is 15.7. The number of hydrogen-bond acceptors (Lipinski definition) is 4. The number of amides is 1. The summed E-state index contributed by atoms with van der Waals surface area (Å²) in [5.41, 5.74) is 1.75. The Bertz CT molecular complexity index is 551. The largest absolute Gasteiger partial charge is 0.465 e. The molecule has 0 saturated heterocycles. The third kappa shape index (κ3) is 2.79. The van der Waals surface area contributed by atoms with Gasteiger partial charge in [-0.2, -0.15) is 0 Å². The first-order valence-electron chi connectivity index (χ1n) is 8.24. The number of aliphatic hydroxyl groups is 1. The van der Waals surface area contributed by atoms with Gasteiger partial charge in [-0.1, -0.05) is 0 Å². The van der Waals surface area contributed by atoms with E-state index >= 15 is 0 Å². The molecule has 3 atom stereocenters. The van der Waals surface area contributed by atoms with Gasteiger partial charge in [0.05, 0.1) is 17.7 Å². The molecule has 122 valence electrons. The van der Waals surface area contributed by atoms with E-state index in [2.05, 4.69) is 5.32 Å². The van der Waals surface area contributed by atoms with Gasteiger partial charge in [-0.15, -0.1) is 0 Å². The average molecular weight is 307 g/mol. The molecule has 0 radical (unpaired) electrons. The Labute approximate surface area is 131 Å². The molecule has 1 amide bonds. The second-order valence-corrected chi connectivity index (χ2v) is 6.42. The van der Waals surface area contributed by atoms with Crippen LogP contribution in [0.5, 0.6) is 0 Å². The first-order chi connectivity index (χ1) is 10.6. The van der Waals surface area contributed by atoms with Crippen LogP contribution in [0.4, 0.5) is 0 Å². The van der Waals surface area contributed by atoms with Crippen LogP contribution in [0.2, 0.25) is 0 Å². The summed E-state index contributed by atoms with van der Waals surface area (Å²) in [5, 5.41) is 13.3. The van der Waals surface area contributed by atoms with Gasteiger partial charge in [0.1, 0.15) is 17.6 Å². The Morgan fingerprint density at radius 3 is 2.82 bits per heavy atom. The summed E-state index contributed by atoms with van der Waals surface area (Å²) in [6, 6.07) is -0.250. The smallest absolute Gasteiger partial charge is 0.255 e. The third-order valence-electron chi connectivity index (χ3n) is 4.99. The lowest BCUT2D eigenvalue weighted by atomic mass is 9.89. The van der Waals surface area contributed by atoms with Gasteiger partial charge >= 0.3 is 0 Å². The lowest BCUT2D eigenvalue weighted by Gasteiger charge is -2.34. The van der Waals surface area contributed by atoms with E-state index in [0.29, 0.717) is 11.3 Å². The Morgan fingerprint density at radius 2 is 2.05 bits per heavy atom. The van der Waals surface area contributed by atoms with Gasteiger partial charge in [0.25, 0.3) is 5.91 Å². The number of hydrogen-bond donors (Lipinski definition) is 2. The van der Waals surface area contributed by atoms with Crippen molar-refractivity contribution < 1.29 is 19.1 Å². The summed E-state index contributed by atoms with van der Waals surface area (Å²) in [6.45, 7) is 1.85. The molecule has 1 heterocycles. The predicted molar refractivity (Wildman–Crippen MR) is 82.0 cm³/mol. The van der Waals surface area contributed by atoms with Crippen LogP contribution in [0.15, 0.2) is 4.42 Å². The van der Waals surface area contributed by atoms with Crippen LogP contribution in [0, 0.1) is 6.92 Å². The third-order valence-corrected chi connectivity index (χ3v) is 4.99. The number of rotatable bonds is 3. The van der Waals surface area contributed by atoms with E-state index in [1.807, 2.05) is 6.92 Å². The highest BCUT2D eigenvalue weighted by Gasteiger charge is 2.34. The van der Waals surface area contributed by atoms with Gasteiger partial charge in [0, 0.05) is 19.1 Å². The number of aliphatic hydroxyl groups excluding tert-OH is 1. The van der Waals surface area contributed by atoms with Crippen molar-refractivity contribution in [1.29, 1.82) is 0 Å². The molecule has 1 fully saturated rings. The van der Waals surface area contributed by atoms with Crippen LogP contribution in [-0.4, -0.2) is 36.4 Å². The topological polar surface area (TPSA) is 71.7 Å². The lowest BCUT2D eigenvalue weighted by Crippen LogP contribution is -2.51. The van der Waals surface area contributed by atoms with Crippen LogP contribution in [0.3, 0.4) is 0 Å². The maximum absolute atomic E-state index is 12.7. The highest BCUT2D eigenvalue weighted by atomic mass is 16.5. The van der Waals surface area contributed by atoms with Crippen LogP contribution < -0.4 is 5.32 Å². The summed E-state index contributed by atoms with van der Waals surface area (Å²) in [4.78, 5) is 12.7. The number of furan rings is 1. The van der Waals surface area contributed by atoms with E-state index < -0.39 is 6.10 Å². The molecule has 5 heteroatoms. The van der Waals surface area contributed by atoms with Gasteiger partial charge in [0.2, 0.25) is 0 Å². The molecule has 2 N–H and O–H groups in total. The van der Waals surface area contributed by atoms with Gasteiger partial charge in [-0.3, -0.25) is 4.79 Å². The molecule has 22 heavy (non-hydrogen) atoms.